The number of sulfonamides is 1. The first-order valence-electron chi connectivity index (χ1n) is 13.8. The third-order valence-corrected chi connectivity index (χ3v) is 6.95. The van der Waals surface area contributed by atoms with Crippen molar-refractivity contribution in [1.82, 2.24) is 19.9 Å². The molecule has 0 saturated carbocycles. The molecule has 46 heavy (non-hydrogen) atoms. The number of benzene rings is 2. The zero-order valence-corrected chi connectivity index (χ0v) is 25.3. The number of anilines is 2. The van der Waals surface area contributed by atoms with Crippen LogP contribution in [0.25, 0.3) is 17.5 Å². The van der Waals surface area contributed by atoms with E-state index in [-0.39, 0.29) is 42.2 Å². The normalized spacial score (nSPS) is 11.1. The summed E-state index contributed by atoms with van der Waals surface area (Å²) in [4.78, 5) is 29.3. The minimum atomic E-state index is -4.13. The van der Waals surface area contributed by atoms with Crippen LogP contribution in [0.15, 0.2) is 109 Å². The van der Waals surface area contributed by atoms with Crippen molar-refractivity contribution in [1.29, 1.82) is 0 Å². The van der Waals surface area contributed by atoms with Crippen LogP contribution in [0, 0.1) is 0 Å². The molecule has 14 heteroatoms. The van der Waals surface area contributed by atoms with Crippen LogP contribution in [-0.4, -0.2) is 54.8 Å². The third-order valence-electron chi connectivity index (χ3n) is 5.98. The van der Waals surface area contributed by atoms with Crippen molar-refractivity contribution in [2.45, 2.75) is 0 Å². The number of ether oxygens (including phenoxy) is 4. The number of amides is 1. The van der Waals surface area contributed by atoms with Gasteiger partial charge in [-0.15, -0.1) is 0 Å². The predicted octanol–water partition coefficient (Wildman–Crippen LogP) is 5.77. The van der Waals surface area contributed by atoms with Gasteiger partial charge in [-0.3, -0.25) is 15.0 Å². The number of para-hydroxylation sites is 2. The molecule has 0 aliphatic carbocycles. The molecule has 2 N–H and O–H groups in total. The predicted molar refractivity (Wildman–Crippen MR) is 171 cm³/mol. The largest absolute Gasteiger partial charge is 0.493 e. The van der Waals surface area contributed by atoms with E-state index in [9.17, 15) is 13.2 Å². The maximum Gasteiger partial charge on any atom is 0.412 e. The minimum Gasteiger partial charge on any atom is -0.493 e. The average Bonchev–Trinajstić information content (AvgIpc) is 3.08. The van der Waals surface area contributed by atoms with Crippen LogP contribution in [0.2, 0.25) is 0 Å². The first-order valence-corrected chi connectivity index (χ1v) is 15.3. The van der Waals surface area contributed by atoms with Gasteiger partial charge >= 0.3 is 6.09 Å². The summed E-state index contributed by atoms with van der Waals surface area (Å²) in [6.07, 6.45) is 5.31. The summed E-state index contributed by atoms with van der Waals surface area (Å²) in [5.74, 6) is 0.526. The molecule has 0 saturated heterocycles. The topological polar surface area (TPSA) is 164 Å². The Hall–Kier alpha value is -6.02. The molecule has 0 radical (unpaired) electrons. The first kappa shape index (κ1) is 31.4. The Bertz CT molecular complexity index is 1900. The summed E-state index contributed by atoms with van der Waals surface area (Å²) in [7, 11) is -2.66. The fraction of sp³-hybridized carbons (Fsp3) is 0.0938. The van der Waals surface area contributed by atoms with Gasteiger partial charge in [-0.1, -0.05) is 48.5 Å². The van der Waals surface area contributed by atoms with Crippen molar-refractivity contribution in [3.63, 3.8) is 0 Å². The molecule has 0 aliphatic rings. The number of pyridine rings is 2. The van der Waals surface area contributed by atoms with Crippen molar-refractivity contribution in [2.24, 2.45) is 0 Å². The van der Waals surface area contributed by atoms with Gasteiger partial charge in [0.15, 0.2) is 23.1 Å². The smallest absolute Gasteiger partial charge is 0.412 e. The molecule has 3 heterocycles. The van der Waals surface area contributed by atoms with Crippen LogP contribution in [-0.2, 0) is 14.8 Å². The summed E-state index contributed by atoms with van der Waals surface area (Å²) >= 11 is 0. The van der Waals surface area contributed by atoms with Gasteiger partial charge in [0.05, 0.1) is 12.5 Å². The summed E-state index contributed by atoms with van der Waals surface area (Å²) in [5, 5.41) is 3.52. The molecule has 0 unspecified atom stereocenters. The second-order valence-corrected chi connectivity index (χ2v) is 10.8. The van der Waals surface area contributed by atoms with Crippen LogP contribution in [0.4, 0.5) is 16.4 Å². The Morgan fingerprint density at radius 3 is 2.33 bits per heavy atom. The lowest BCUT2D eigenvalue weighted by atomic mass is 10.2. The fourth-order valence-electron chi connectivity index (χ4n) is 3.88. The van der Waals surface area contributed by atoms with Crippen LogP contribution >= 0.6 is 0 Å². The van der Waals surface area contributed by atoms with E-state index in [1.807, 2.05) is 6.07 Å². The van der Waals surface area contributed by atoms with Crippen LogP contribution in [0.3, 0.4) is 0 Å². The molecule has 1 amide bonds. The molecule has 13 nitrogen and oxygen atoms in total. The van der Waals surface area contributed by atoms with Crippen molar-refractivity contribution >= 4 is 33.8 Å². The summed E-state index contributed by atoms with van der Waals surface area (Å²) in [6, 6.07) is 24.0. The number of aromatic nitrogens is 4. The highest BCUT2D eigenvalue weighted by Gasteiger charge is 2.24. The summed E-state index contributed by atoms with van der Waals surface area (Å²) in [6.45, 7) is -0.368. The molecule has 234 valence electrons. The number of hydrogen-bond acceptors (Lipinski definition) is 11. The maximum absolute atomic E-state index is 13.3. The summed E-state index contributed by atoms with van der Waals surface area (Å²) < 4.78 is 51.8. The lowest BCUT2D eigenvalue weighted by Gasteiger charge is -2.18. The average molecular weight is 641 g/mol. The molecule has 0 spiro atoms. The Balaban J connectivity index is 1.47. The Labute approximate surface area is 265 Å². The van der Waals surface area contributed by atoms with E-state index in [0.29, 0.717) is 22.7 Å². The van der Waals surface area contributed by atoms with E-state index >= 15 is 0 Å². The molecule has 0 bridgehead atoms. The van der Waals surface area contributed by atoms with Gasteiger partial charge in [0.25, 0.3) is 15.9 Å². The van der Waals surface area contributed by atoms with E-state index in [4.69, 9.17) is 18.9 Å². The van der Waals surface area contributed by atoms with E-state index in [2.05, 4.69) is 30.0 Å². The maximum atomic E-state index is 13.3. The van der Waals surface area contributed by atoms with Crippen LogP contribution < -0.4 is 24.2 Å². The fourth-order valence-corrected chi connectivity index (χ4v) is 4.70. The van der Waals surface area contributed by atoms with Gasteiger partial charge in [0.1, 0.15) is 19.0 Å². The molecule has 3 aromatic heterocycles. The SMILES string of the molecule is COc1ccccc1Oc1c(NS(=O)(=O)C=Cc2ccccc2)nc(-c2ccncc2)nc1OCCOC(=O)Nc1ccccn1. The Kier molecular flexibility index (Phi) is 10.3. The Morgan fingerprint density at radius 1 is 0.848 bits per heavy atom. The van der Waals surface area contributed by atoms with E-state index in [0.717, 1.165) is 5.41 Å². The Morgan fingerprint density at radius 2 is 1.59 bits per heavy atom. The van der Waals surface area contributed by atoms with Gasteiger partial charge in [-0.05, 0) is 48.0 Å². The second-order valence-electron chi connectivity index (χ2n) is 9.20. The molecule has 0 fully saturated rings. The highest BCUT2D eigenvalue weighted by Crippen LogP contribution is 2.41. The molecular weight excluding hydrogens is 612 g/mol. The number of methoxy groups -OCH3 is 1. The van der Waals surface area contributed by atoms with Gasteiger partial charge in [0, 0.05) is 24.2 Å². The lowest BCUT2D eigenvalue weighted by Crippen LogP contribution is -2.19. The highest BCUT2D eigenvalue weighted by atomic mass is 32.2. The van der Waals surface area contributed by atoms with E-state index in [1.54, 1.807) is 91.3 Å². The third kappa shape index (κ3) is 8.76. The minimum absolute atomic E-state index is 0.114. The van der Waals surface area contributed by atoms with Gasteiger partial charge in [-0.25, -0.2) is 23.2 Å². The zero-order chi connectivity index (χ0) is 32.2. The number of hydrogen-bond donors (Lipinski definition) is 2. The second kappa shape index (κ2) is 15.1. The number of carbonyl (C=O) groups is 1. The molecule has 5 rings (SSSR count). The molecule has 5 aromatic rings. The standard InChI is InChI=1S/C32H28N6O7S/c1-42-25-11-5-6-12-26(25)45-28-30(38-46(40,41)22-16-23-9-3-2-4-10-23)36-29(24-14-18-33-19-15-24)37-31(28)43-20-21-44-32(39)35-27-13-7-8-17-34-27/h2-19,22H,20-21H2,1H3,(H,34,35,39)(H,36,37,38). The number of nitrogens with one attached hydrogen (secondary N) is 2. The quantitative estimate of drug-likeness (QED) is 0.150. The van der Waals surface area contributed by atoms with E-state index < -0.39 is 16.1 Å². The van der Waals surface area contributed by atoms with Crippen molar-refractivity contribution < 1.29 is 32.2 Å². The van der Waals surface area contributed by atoms with E-state index in [1.165, 1.54) is 19.4 Å². The van der Waals surface area contributed by atoms with Crippen LogP contribution in [0.1, 0.15) is 5.56 Å². The highest BCUT2D eigenvalue weighted by molar-refractivity contribution is 7.95. The number of nitrogens with zero attached hydrogens (tertiary/aromatic N) is 4. The van der Waals surface area contributed by atoms with Crippen molar-refractivity contribution in [2.75, 3.05) is 30.4 Å². The number of rotatable bonds is 13. The van der Waals surface area contributed by atoms with Gasteiger partial charge < -0.3 is 18.9 Å². The zero-order valence-electron chi connectivity index (χ0n) is 24.4. The van der Waals surface area contributed by atoms with Crippen molar-refractivity contribution in [3.05, 3.63) is 114 Å². The first-order chi connectivity index (χ1) is 22.4. The summed E-state index contributed by atoms with van der Waals surface area (Å²) in [5.41, 5.74) is 1.20. The van der Waals surface area contributed by atoms with Crippen molar-refractivity contribution in [3.8, 4) is 34.5 Å². The van der Waals surface area contributed by atoms with Crippen LogP contribution in [0.5, 0.6) is 23.1 Å². The monoisotopic (exact) mass is 640 g/mol. The molecular formula is C32H28N6O7S. The van der Waals surface area contributed by atoms with Gasteiger partial charge in [0.2, 0.25) is 5.75 Å². The lowest BCUT2D eigenvalue weighted by molar-refractivity contribution is 0.135. The van der Waals surface area contributed by atoms with Gasteiger partial charge in [-0.2, -0.15) is 4.98 Å². The molecule has 2 aromatic carbocycles. The molecule has 0 aliphatic heterocycles. The molecule has 0 atom stereocenters. The number of carbonyl (C=O) groups excluding carboxylic acids is 1.